The molecule has 0 saturated heterocycles. The van der Waals surface area contributed by atoms with Crippen molar-refractivity contribution in [3.05, 3.63) is 16.1 Å². The summed E-state index contributed by atoms with van der Waals surface area (Å²) in [4.78, 5) is 16.5. The van der Waals surface area contributed by atoms with Crippen molar-refractivity contribution < 1.29 is 14.6 Å². The van der Waals surface area contributed by atoms with E-state index >= 15 is 0 Å². The van der Waals surface area contributed by atoms with Crippen molar-refractivity contribution in [1.82, 2.24) is 10.3 Å². The van der Waals surface area contributed by atoms with Crippen LogP contribution in [0.2, 0.25) is 0 Å². The Kier molecular flexibility index (Phi) is 5.68. The van der Waals surface area contributed by atoms with E-state index in [2.05, 4.69) is 10.3 Å². The summed E-state index contributed by atoms with van der Waals surface area (Å²) in [5.41, 5.74) is 0.112. The van der Waals surface area contributed by atoms with Crippen LogP contribution in [0.15, 0.2) is 5.38 Å². The molecule has 23 heavy (non-hydrogen) atoms. The molecule has 5 nitrogen and oxygen atoms in total. The van der Waals surface area contributed by atoms with Gasteiger partial charge in [-0.1, -0.05) is 12.8 Å². The molecular weight excluding hydrogens is 312 g/mol. The topological polar surface area (TPSA) is 71.5 Å². The number of carbonyl (C=O) groups excluding carboxylic acids is 1. The quantitative estimate of drug-likeness (QED) is 0.799. The Hall–Kier alpha value is -1.14. The molecule has 1 aliphatic carbocycles. The number of nitrogens with zero attached hydrogens (tertiary/aromatic N) is 1. The van der Waals surface area contributed by atoms with Crippen molar-refractivity contribution in [2.24, 2.45) is 11.3 Å². The fourth-order valence-electron chi connectivity index (χ4n) is 2.77. The molecule has 1 aliphatic rings. The second-order valence-corrected chi connectivity index (χ2v) is 8.76. The summed E-state index contributed by atoms with van der Waals surface area (Å²) in [6, 6.07) is 0. The maximum Gasteiger partial charge on any atom is 0.407 e. The van der Waals surface area contributed by atoms with Gasteiger partial charge in [0.05, 0.1) is 17.3 Å². The molecule has 1 unspecified atom stereocenters. The highest BCUT2D eigenvalue weighted by Gasteiger charge is 2.38. The first kappa shape index (κ1) is 18.2. The third-order valence-corrected chi connectivity index (χ3v) is 4.81. The van der Waals surface area contributed by atoms with E-state index in [1.54, 1.807) is 11.3 Å². The van der Waals surface area contributed by atoms with Gasteiger partial charge >= 0.3 is 6.09 Å². The zero-order valence-corrected chi connectivity index (χ0v) is 15.3. The van der Waals surface area contributed by atoms with E-state index in [4.69, 9.17) is 4.74 Å². The molecular formula is C17H28N2O3S. The minimum absolute atomic E-state index is 0.0376. The summed E-state index contributed by atoms with van der Waals surface area (Å²) in [6.45, 7) is 7.95. The number of alkyl carbamates (subject to hydrolysis) is 1. The number of hydrogen-bond acceptors (Lipinski definition) is 5. The number of amides is 1. The van der Waals surface area contributed by atoms with Crippen molar-refractivity contribution in [2.75, 3.05) is 13.2 Å². The van der Waals surface area contributed by atoms with Crippen LogP contribution >= 0.6 is 11.3 Å². The van der Waals surface area contributed by atoms with Gasteiger partial charge in [0.15, 0.2) is 0 Å². The van der Waals surface area contributed by atoms with E-state index in [0.717, 1.165) is 17.1 Å². The molecule has 2 rings (SSSR count). The average molecular weight is 340 g/mol. The molecule has 1 aromatic rings. The Morgan fingerprint density at radius 2 is 2.17 bits per heavy atom. The van der Waals surface area contributed by atoms with E-state index in [0.29, 0.717) is 18.9 Å². The predicted molar refractivity (Wildman–Crippen MR) is 91.7 cm³/mol. The SMILES string of the molecule is Cc1nc(CC(CO)(CNC(=O)OC(C)(C)C)CC2CC2)cs1. The lowest BCUT2D eigenvalue weighted by Gasteiger charge is -2.32. The van der Waals surface area contributed by atoms with Crippen molar-refractivity contribution in [2.45, 2.75) is 59.0 Å². The van der Waals surface area contributed by atoms with Gasteiger partial charge in [0.2, 0.25) is 0 Å². The van der Waals surface area contributed by atoms with E-state index in [-0.39, 0.29) is 12.0 Å². The molecule has 0 aromatic carbocycles. The van der Waals surface area contributed by atoms with Crippen LogP contribution in [0.5, 0.6) is 0 Å². The number of rotatable bonds is 7. The second-order valence-electron chi connectivity index (χ2n) is 7.70. The van der Waals surface area contributed by atoms with Crippen LogP contribution in [0.1, 0.15) is 50.7 Å². The average Bonchev–Trinajstić information content (AvgIpc) is 3.15. The molecule has 1 fully saturated rings. The normalized spacial score (nSPS) is 17.6. The summed E-state index contributed by atoms with van der Waals surface area (Å²) < 4.78 is 5.31. The Bertz CT molecular complexity index is 534. The third kappa shape index (κ3) is 6.11. The van der Waals surface area contributed by atoms with Crippen LogP contribution in [0.3, 0.4) is 0 Å². The van der Waals surface area contributed by atoms with Crippen molar-refractivity contribution in [3.8, 4) is 0 Å². The summed E-state index contributed by atoms with van der Waals surface area (Å²) >= 11 is 1.62. The first-order valence-corrected chi connectivity index (χ1v) is 9.08. The first-order chi connectivity index (χ1) is 10.7. The van der Waals surface area contributed by atoms with Gasteiger partial charge in [0.25, 0.3) is 0 Å². The summed E-state index contributed by atoms with van der Waals surface area (Å²) in [5, 5.41) is 16.0. The number of aryl methyl sites for hydroxylation is 1. The lowest BCUT2D eigenvalue weighted by molar-refractivity contribution is 0.0448. The Morgan fingerprint density at radius 3 is 2.65 bits per heavy atom. The van der Waals surface area contributed by atoms with Gasteiger partial charge in [-0.3, -0.25) is 0 Å². The molecule has 1 amide bonds. The standard InChI is InChI=1S/C17H28N2O3S/c1-12-19-14(9-23-12)8-17(11-20,7-13-5-6-13)10-18-15(21)22-16(2,3)4/h9,13,20H,5-8,10-11H2,1-4H3,(H,18,21). The number of thiazole rings is 1. The van der Waals surface area contributed by atoms with Gasteiger partial charge in [0.1, 0.15) is 5.60 Å². The minimum atomic E-state index is -0.519. The molecule has 130 valence electrons. The monoisotopic (exact) mass is 340 g/mol. The van der Waals surface area contributed by atoms with Gasteiger partial charge in [-0.25, -0.2) is 9.78 Å². The molecule has 1 aromatic heterocycles. The van der Waals surface area contributed by atoms with Gasteiger partial charge in [-0.2, -0.15) is 0 Å². The minimum Gasteiger partial charge on any atom is -0.444 e. The molecule has 1 heterocycles. The lowest BCUT2D eigenvalue weighted by Crippen LogP contribution is -2.43. The fraction of sp³-hybridized carbons (Fsp3) is 0.765. The highest BCUT2D eigenvalue weighted by Crippen LogP contribution is 2.41. The predicted octanol–water partition coefficient (Wildman–Crippen LogP) is 3.30. The number of hydrogen-bond donors (Lipinski definition) is 2. The molecule has 0 aliphatic heterocycles. The Balaban J connectivity index is 2.01. The van der Waals surface area contributed by atoms with Gasteiger partial charge in [-0.15, -0.1) is 11.3 Å². The van der Waals surface area contributed by atoms with Crippen molar-refractivity contribution >= 4 is 17.4 Å². The Morgan fingerprint density at radius 1 is 1.48 bits per heavy atom. The lowest BCUT2D eigenvalue weighted by atomic mass is 9.79. The maximum absolute atomic E-state index is 12.0. The van der Waals surface area contributed by atoms with Crippen LogP contribution in [0.4, 0.5) is 4.79 Å². The van der Waals surface area contributed by atoms with Crippen LogP contribution in [0.25, 0.3) is 0 Å². The number of aliphatic hydroxyl groups is 1. The number of ether oxygens (including phenoxy) is 1. The summed E-state index contributed by atoms with van der Waals surface area (Å²) in [5.74, 6) is 0.655. The highest BCUT2D eigenvalue weighted by molar-refractivity contribution is 7.09. The Labute approximate surface area is 142 Å². The van der Waals surface area contributed by atoms with Crippen LogP contribution in [-0.4, -0.2) is 34.9 Å². The van der Waals surface area contributed by atoms with E-state index in [1.807, 2.05) is 33.1 Å². The summed E-state index contributed by atoms with van der Waals surface area (Å²) in [7, 11) is 0. The molecule has 1 atom stereocenters. The molecule has 0 bridgehead atoms. The second kappa shape index (κ2) is 7.18. The molecule has 1 saturated carbocycles. The zero-order chi connectivity index (χ0) is 17.1. The van der Waals surface area contributed by atoms with Gasteiger partial charge < -0.3 is 15.2 Å². The van der Waals surface area contributed by atoms with E-state index < -0.39 is 11.7 Å². The number of nitrogens with one attached hydrogen (secondary N) is 1. The van der Waals surface area contributed by atoms with Crippen LogP contribution < -0.4 is 5.32 Å². The maximum atomic E-state index is 12.0. The van der Waals surface area contributed by atoms with Crippen molar-refractivity contribution in [3.63, 3.8) is 0 Å². The van der Waals surface area contributed by atoms with E-state index in [1.165, 1.54) is 12.8 Å². The van der Waals surface area contributed by atoms with Crippen LogP contribution in [0, 0.1) is 18.3 Å². The summed E-state index contributed by atoms with van der Waals surface area (Å²) in [6.07, 6.45) is 3.59. The van der Waals surface area contributed by atoms with Gasteiger partial charge in [-0.05, 0) is 40.0 Å². The largest absolute Gasteiger partial charge is 0.444 e. The number of aliphatic hydroxyl groups excluding tert-OH is 1. The van der Waals surface area contributed by atoms with E-state index in [9.17, 15) is 9.90 Å². The molecule has 0 radical (unpaired) electrons. The highest BCUT2D eigenvalue weighted by atomic mass is 32.1. The molecule has 0 spiro atoms. The zero-order valence-electron chi connectivity index (χ0n) is 14.5. The third-order valence-electron chi connectivity index (χ3n) is 3.98. The van der Waals surface area contributed by atoms with Crippen LogP contribution in [-0.2, 0) is 11.2 Å². The molecule has 2 N–H and O–H groups in total. The fourth-order valence-corrected chi connectivity index (χ4v) is 3.38. The number of carbonyl (C=O) groups is 1. The smallest absolute Gasteiger partial charge is 0.407 e. The first-order valence-electron chi connectivity index (χ1n) is 8.20. The van der Waals surface area contributed by atoms with Crippen molar-refractivity contribution in [1.29, 1.82) is 0 Å². The molecule has 6 heteroatoms. The van der Waals surface area contributed by atoms with Gasteiger partial charge in [0, 0.05) is 23.8 Å². The number of aromatic nitrogens is 1.